The molecule has 0 aliphatic carbocycles. The average molecular weight is 239 g/mol. The molecule has 0 unspecified atom stereocenters. The largest absolute Gasteiger partial charge is 0.304 e. The normalized spacial score (nSPS) is 23.1. The van der Waals surface area contributed by atoms with Crippen molar-refractivity contribution in [2.75, 3.05) is 5.75 Å². The Hall–Kier alpha value is -0.870. The topological polar surface area (TPSA) is 46.2 Å². The van der Waals surface area contributed by atoms with Gasteiger partial charge in [-0.15, -0.1) is 0 Å². The molecule has 0 radical (unpaired) electrons. The Bertz CT molecular complexity index is 500. The van der Waals surface area contributed by atoms with E-state index in [-0.39, 0.29) is 17.3 Å². The van der Waals surface area contributed by atoms with Crippen molar-refractivity contribution in [1.29, 1.82) is 0 Å². The van der Waals surface area contributed by atoms with Crippen LogP contribution in [-0.4, -0.2) is 19.7 Å². The number of benzene rings is 1. The van der Waals surface area contributed by atoms with Crippen LogP contribution >= 0.6 is 0 Å². The molecule has 0 aromatic heterocycles. The van der Waals surface area contributed by atoms with Crippen LogP contribution in [0.3, 0.4) is 0 Å². The minimum absolute atomic E-state index is 0.0822. The minimum Gasteiger partial charge on any atom is -0.304 e. The molecule has 0 saturated carbocycles. The zero-order valence-electron chi connectivity index (χ0n) is 9.82. The van der Waals surface area contributed by atoms with Gasteiger partial charge < -0.3 is 5.32 Å². The summed E-state index contributed by atoms with van der Waals surface area (Å²) in [5, 5.41) is 3.35. The number of hydrogen-bond donors (Lipinski definition) is 1. The number of sulfone groups is 1. The van der Waals surface area contributed by atoms with Crippen LogP contribution in [0.1, 0.15) is 32.4 Å². The number of fused-ring (bicyclic) bond motifs is 1. The zero-order valence-corrected chi connectivity index (χ0v) is 10.6. The molecule has 0 bridgehead atoms. The summed E-state index contributed by atoms with van der Waals surface area (Å²) in [7, 11) is -3.09. The molecule has 1 aliphatic rings. The quantitative estimate of drug-likeness (QED) is 0.814. The predicted octanol–water partition coefficient (Wildman–Crippen LogP) is 1.90. The van der Waals surface area contributed by atoms with Gasteiger partial charge in [-0.05, 0) is 32.4 Å². The van der Waals surface area contributed by atoms with E-state index in [2.05, 4.69) is 5.32 Å². The molecule has 2 rings (SSSR count). The molecule has 1 aliphatic heterocycles. The fourth-order valence-corrected chi connectivity index (χ4v) is 3.83. The van der Waals surface area contributed by atoms with Crippen molar-refractivity contribution in [2.24, 2.45) is 0 Å². The molecule has 4 heteroatoms. The molecule has 1 heterocycles. The van der Waals surface area contributed by atoms with Gasteiger partial charge in [-0.2, -0.15) is 0 Å². The third-order valence-corrected chi connectivity index (χ3v) is 4.44. The van der Waals surface area contributed by atoms with E-state index in [0.29, 0.717) is 4.90 Å². The molecule has 16 heavy (non-hydrogen) atoms. The predicted molar refractivity (Wildman–Crippen MR) is 64.1 cm³/mol. The van der Waals surface area contributed by atoms with Crippen LogP contribution in [-0.2, 0) is 9.84 Å². The fraction of sp³-hybridized carbons (Fsp3) is 0.500. The highest BCUT2D eigenvalue weighted by atomic mass is 32.2. The SMILES string of the molecule is CC(C)(C)N[C@@H]1CS(=O)(=O)c2ccccc21. The zero-order chi connectivity index (χ0) is 12.0. The van der Waals surface area contributed by atoms with Gasteiger partial charge in [-0.3, -0.25) is 0 Å². The number of hydrogen-bond acceptors (Lipinski definition) is 3. The van der Waals surface area contributed by atoms with E-state index in [1.54, 1.807) is 12.1 Å². The smallest absolute Gasteiger partial charge is 0.180 e. The van der Waals surface area contributed by atoms with Gasteiger partial charge in [-0.25, -0.2) is 8.42 Å². The summed E-state index contributed by atoms with van der Waals surface area (Å²) >= 11 is 0. The van der Waals surface area contributed by atoms with Crippen LogP contribution in [0.2, 0.25) is 0 Å². The lowest BCUT2D eigenvalue weighted by Crippen LogP contribution is -2.39. The van der Waals surface area contributed by atoms with Crippen LogP contribution < -0.4 is 5.32 Å². The van der Waals surface area contributed by atoms with E-state index in [0.717, 1.165) is 5.56 Å². The van der Waals surface area contributed by atoms with Crippen LogP contribution in [0, 0.1) is 0 Å². The summed E-state index contributed by atoms with van der Waals surface area (Å²) in [6, 6.07) is 7.16. The van der Waals surface area contributed by atoms with Crippen LogP contribution in [0.4, 0.5) is 0 Å². The van der Waals surface area contributed by atoms with E-state index >= 15 is 0 Å². The summed E-state index contributed by atoms with van der Waals surface area (Å²) in [5.74, 6) is 0.170. The van der Waals surface area contributed by atoms with Gasteiger partial charge in [-0.1, -0.05) is 18.2 Å². The van der Waals surface area contributed by atoms with Crippen LogP contribution in [0.5, 0.6) is 0 Å². The van der Waals surface area contributed by atoms with Crippen LogP contribution in [0.25, 0.3) is 0 Å². The van der Waals surface area contributed by atoms with E-state index < -0.39 is 9.84 Å². The first kappa shape index (κ1) is 11.6. The molecule has 1 aromatic carbocycles. The number of rotatable bonds is 1. The van der Waals surface area contributed by atoms with Crippen molar-refractivity contribution < 1.29 is 8.42 Å². The second-order valence-electron chi connectivity index (χ2n) is 5.27. The van der Waals surface area contributed by atoms with E-state index in [4.69, 9.17) is 0 Å². The second kappa shape index (κ2) is 3.57. The molecule has 1 aromatic rings. The number of nitrogens with one attached hydrogen (secondary N) is 1. The standard InChI is InChI=1S/C12H17NO2S/c1-12(2,3)13-10-8-16(14,15)11-7-5-4-6-9(10)11/h4-7,10,13H,8H2,1-3H3/t10-/m1/s1. The third-order valence-electron chi connectivity index (χ3n) is 2.62. The Morgan fingerprint density at radius 3 is 2.50 bits per heavy atom. The van der Waals surface area contributed by atoms with Crippen molar-refractivity contribution in [3.63, 3.8) is 0 Å². The minimum atomic E-state index is -3.09. The summed E-state index contributed by atoms with van der Waals surface area (Å²) in [4.78, 5) is 0.483. The average Bonchev–Trinajstić information content (AvgIpc) is 2.37. The Morgan fingerprint density at radius 2 is 1.88 bits per heavy atom. The summed E-state index contributed by atoms with van der Waals surface area (Å²) < 4.78 is 23.8. The molecule has 0 fully saturated rings. The van der Waals surface area contributed by atoms with Gasteiger partial charge in [0.1, 0.15) is 0 Å². The van der Waals surface area contributed by atoms with E-state index in [9.17, 15) is 8.42 Å². The first-order valence-corrected chi connectivity index (χ1v) is 7.04. The molecule has 0 amide bonds. The van der Waals surface area contributed by atoms with Gasteiger partial charge in [0.15, 0.2) is 9.84 Å². The summed E-state index contributed by atoms with van der Waals surface area (Å²) in [5.41, 5.74) is 0.815. The van der Waals surface area contributed by atoms with Gasteiger partial charge >= 0.3 is 0 Å². The lowest BCUT2D eigenvalue weighted by atomic mass is 10.0. The van der Waals surface area contributed by atoms with Crippen molar-refractivity contribution in [3.8, 4) is 0 Å². The van der Waals surface area contributed by atoms with Gasteiger partial charge in [0.05, 0.1) is 10.6 Å². The van der Waals surface area contributed by atoms with E-state index in [1.165, 1.54) is 0 Å². The Labute approximate surface area is 96.8 Å². The van der Waals surface area contributed by atoms with Crippen molar-refractivity contribution >= 4 is 9.84 Å². The molecule has 88 valence electrons. The Kier molecular flexibility index (Phi) is 2.59. The molecule has 0 saturated heterocycles. The Morgan fingerprint density at radius 1 is 1.25 bits per heavy atom. The van der Waals surface area contributed by atoms with Crippen molar-refractivity contribution in [3.05, 3.63) is 29.8 Å². The molecule has 1 N–H and O–H groups in total. The Balaban J connectivity index is 2.41. The van der Waals surface area contributed by atoms with E-state index in [1.807, 2.05) is 32.9 Å². The second-order valence-corrected chi connectivity index (χ2v) is 7.27. The van der Waals surface area contributed by atoms with Gasteiger partial charge in [0, 0.05) is 11.6 Å². The maximum atomic E-state index is 11.9. The van der Waals surface area contributed by atoms with Gasteiger partial charge in [0.25, 0.3) is 0 Å². The third kappa shape index (κ3) is 2.13. The maximum Gasteiger partial charge on any atom is 0.180 e. The summed E-state index contributed by atoms with van der Waals surface area (Å²) in [6.45, 7) is 6.13. The lowest BCUT2D eigenvalue weighted by Gasteiger charge is -2.25. The lowest BCUT2D eigenvalue weighted by molar-refractivity contribution is 0.381. The highest BCUT2D eigenvalue weighted by Crippen LogP contribution is 2.33. The molecular formula is C12H17NO2S. The van der Waals surface area contributed by atoms with Crippen molar-refractivity contribution in [1.82, 2.24) is 5.32 Å². The molecule has 0 spiro atoms. The van der Waals surface area contributed by atoms with Crippen LogP contribution in [0.15, 0.2) is 29.2 Å². The first-order chi connectivity index (χ1) is 7.30. The maximum absolute atomic E-state index is 11.9. The molecule has 3 nitrogen and oxygen atoms in total. The highest BCUT2D eigenvalue weighted by molar-refractivity contribution is 7.91. The monoisotopic (exact) mass is 239 g/mol. The highest BCUT2D eigenvalue weighted by Gasteiger charge is 2.35. The summed E-state index contributed by atoms with van der Waals surface area (Å²) in [6.07, 6.45) is 0. The molecular weight excluding hydrogens is 222 g/mol. The first-order valence-electron chi connectivity index (χ1n) is 5.39. The van der Waals surface area contributed by atoms with Gasteiger partial charge in [0.2, 0.25) is 0 Å². The fourth-order valence-electron chi connectivity index (χ4n) is 2.09. The van der Waals surface area contributed by atoms with Crippen molar-refractivity contribution in [2.45, 2.75) is 37.2 Å². The molecule has 1 atom stereocenters.